The number of hydrogen-bond donors (Lipinski definition) is 1. The Bertz CT molecular complexity index is 383. The lowest BCUT2D eigenvalue weighted by Crippen LogP contribution is -2.15. The van der Waals surface area contributed by atoms with Crippen LogP contribution in [0, 0.1) is 5.92 Å². The first-order valence-corrected chi connectivity index (χ1v) is 6.92. The van der Waals surface area contributed by atoms with Crippen molar-refractivity contribution in [3.05, 3.63) is 23.8 Å². The molecule has 2 nitrogen and oxygen atoms in total. The van der Waals surface area contributed by atoms with Crippen LogP contribution in [0.5, 0.6) is 5.75 Å². The fraction of sp³-hybridized carbons (Fsp3) is 0.600. The average molecular weight is 231 g/mol. The van der Waals surface area contributed by atoms with Crippen LogP contribution in [0.4, 0.5) is 5.69 Å². The van der Waals surface area contributed by atoms with Crippen LogP contribution in [-0.2, 0) is 6.42 Å². The highest BCUT2D eigenvalue weighted by Crippen LogP contribution is 2.33. The molecular weight excluding hydrogens is 210 g/mol. The fourth-order valence-corrected chi connectivity index (χ4v) is 2.99. The van der Waals surface area contributed by atoms with E-state index in [0.29, 0.717) is 0 Å². The van der Waals surface area contributed by atoms with Gasteiger partial charge >= 0.3 is 0 Å². The monoisotopic (exact) mass is 231 g/mol. The molecule has 0 radical (unpaired) electrons. The summed E-state index contributed by atoms with van der Waals surface area (Å²) >= 11 is 0. The smallest absolute Gasteiger partial charge is 0.142 e. The summed E-state index contributed by atoms with van der Waals surface area (Å²) in [6.07, 6.45) is 8.03. The molecule has 1 heterocycles. The molecule has 3 rings (SSSR count). The normalized spacial score (nSPS) is 19.8. The molecule has 0 aromatic heterocycles. The first kappa shape index (κ1) is 10.9. The van der Waals surface area contributed by atoms with E-state index >= 15 is 0 Å². The molecule has 1 aliphatic carbocycles. The lowest BCUT2D eigenvalue weighted by atomic mass is 9.90. The van der Waals surface area contributed by atoms with Gasteiger partial charge in [-0.25, -0.2) is 0 Å². The maximum atomic E-state index is 6.03. The van der Waals surface area contributed by atoms with Crippen LogP contribution in [0.3, 0.4) is 0 Å². The van der Waals surface area contributed by atoms with Crippen molar-refractivity contribution in [2.75, 3.05) is 18.5 Å². The van der Waals surface area contributed by atoms with Gasteiger partial charge in [-0.15, -0.1) is 0 Å². The summed E-state index contributed by atoms with van der Waals surface area (Å²) < 4.78 is 6.03. The third-order valence-corrected chi connectivity index (χ3v) is 4.01. The zero-order valence-corrected chi connectivity index (χ0v) is 10.4. The summed E-state index contributed by atoms with van der Waals surface area (Å²) in [5, 5.41) is 3.43. The first-order valence-electron chi connectivity index (χ1n) is 6.92. The molecule has 1 N–H and O–H groups in total. The topological polar surface area (TPSA) is 21.3 Å². The van der Waals surface area contributed by atoms with Gasteiger partial charge in [0.05, 0.1) is 12.3 Å². The number of anilines is 1. The number of para-hydroxylation sites is 1. The van der Waals surface area contributed by atoms with E-state index < -0.39 is 0 Å². The van der Waals surface area contributed by atoms with Gasteiger partial charge in [-0.2, -0.15) is 0 Å². The number of benzene rings is 1. The van der Waals surface area contributed by atoms with Crippen molar-refractivity contribution in [2.45, 2.75) is 38.5 Å². The predicted octanol–water partition coefficient (Wildman–Crippen LogP) is 3.61. The number of hydrogen-bond acceptors (Lipinski definition) is 2. The van der Waals surface area contributed by atoms with Crippen LogP contribution >= 0.6 is 0 Å². The summed E-state index contributed by atoms with van der Waals surface area (Å²) in [6.45, 7) is 1.96. The van der Waals surface area contributed by atoms with E-state index in [0.717, 1.165) is 31.2 Å². The molecule has 1 aromatic carbocycles. The van der Waals surface area contributed by atoms with E-state index in [1.54, 1.807) is 0 Å². The minimum atomic E-state index is 0.779. The fourth-order valence-electron chi connectivity index (χ4n) is 2.99. The highest BCUT2D eigenvalue weighted by Gasteiger charge is 2.17. The highest BCUT2D eigenvalue weighted by molar-refractivity contribution is 5.65. The molecule has 1 saturated carbocycles. The minimum Gasteiger partial charge on any atom is -0.491 e. The van der Waals surface area contributed by atoms with Crippen molar-refractivity contribution < 1.29 is 4.74 Å². The lowest BCUT2D eigenvalue weighted by Gasteiger charge is -2.22. The molecule has 1 fully saturated rings. The average Bonchev–Trinajstić information content (AvgIpc) is 2.86. The van der Waals surface area contributed by atoms with Crippen molar-refractivity contribution >= 4 is 5.69 Å². The van der Waals surface area contributed by atoms with Crippen LogP contribution in [0.1, 0.15) is 37.7 Å². The van der Waals surface area contributed by atoms with Crippen molar-refractivity contribution in [3.63, 3.8) is 0 Å². The van der Waals surface area contributed by atoms with Crippen LogP contribution in [0.25, 0.3) is 0 Å². The Kier molecular flexibility index (Phi) is 3.21. The molecule has 0 bridgehead atoms. The summed E-state index contributed by atoms with van der Waals surface area (Å²) in [5.74, 6) is 1.84. The van der Waals surface area contributed by atoms with E-state index in [1.807, 2.05) is 0 Å². The van der Waals surface area contributed by atoms with Gasteiger partial charge in [0, 0.05) is 6.54 Å². The Morgan fingerprint density at radius 1 is 1.18 bits per heavy atom. The van der Waals surface area contributed by atoms with Gasteiger partial charge in [-0.3, -0.25) is 0 Å². The summed E-state index contributed by atoms with van der Waals surface area (Å²) in [7, 11) is 0. The summed E-state index contributed by atoms with van der Waals surface area (Å²) in [4.78, 5) is 0. The van der Waals surface area contributed by atoms with Crippen molar-refractivity contribution in [2.24, 2.45) is 5.92 Å². The predicted molar refractivity (Wildman–Crippen MR) is 70.7 cm³/mol. The standard InChI is InChI=1S/C15H21NO/c1-2-5-12(6-3-1)11-17-14-8-4-7-13-9-10-16-15(13)14/h4,7-8,12,16H,1-3,5-6,9-11H2. The maximum absolute atomic E-state index is 6.03. The summed E-state index contributed by atoms with van der Waals surface area (Å²) in [5.41, 5.74) is 2.65. The molecular formula is C15H21NO. The first-order chi connectivity index (χ1) is 8.43. The highest BCUT2D eigenvalue weighted by atomic mass is 16.5. The molecule has 2 heteroatoms. The molecule has 1 aromatic rings. The number of rotatable bonds is 3. The van der Waals surface area contributed by atoms with E-state index in [4.69, 9.17) is 4.74 Å². The van der Waals surface area contributed by atoms with Crippen LogP contribution in [-0.4, -0.2) is 13.2 Å². The van der Waals surface area contributed by atoms with E-state index in [1.165, 1.54) is 43.4 Å². The lowest BCUT2D eigenvalue weighted by molar-refractivity contribution is 0.209. The van der Waals surface area contributed by atoms with Crippen LogP contribution in [0.15, 0.2) is 18.2 Å². The molecule has 1 aliphatic heterocycles. The number of ether oxygens (including phenoxy) is 1. The van der Waals surface area contributed by atoms with Crippen molar-refractivity contribution in [1.82, 2.24) is 0 Å². The zero-order valence-electron chi connectivity index (χ0n) is 10.4. The molecule has 0 unspecified atom stereocenters. The Morgan fingerprint density at radius 3 is 2.94 bits per heavy atom. The third-order valence-electron chi connectivity index (χ3n) is 4.01. The second-order valence-corrected chi connectivity index (χ2v) is 5.28. The van der Waals surface area contributed by atoms with Gasteiger partial charge in [0.25, 0.3) is 0 Å². The van der Waals surface area contributed by atoms with Gasteiger partial charge in [-0.1, -0.05) is 31.4 Å². The molecule has 92 valence electrons. The Labute approximate surface area is 103 Å². The Hall–Kier alpha value is -1.18. The van der Waals surface area contributed by atoms with E-state index in [2.05, 4.69) is 23.5 Å². The van der Waals surface area contributed by atoms with Gasteiger partial charge in [0.15, 0.2) is 0 Å². The van der Waals surface area contributed by atoms with Gasteiger partial charge in [0.2, 0.25) is 0 Å². The molecule has 0 atom stereocenters. The summed E-state index contributed by atoms with van der Waals surface area (Å²) in [6, 6.07) is 6.41. The van der Waals surface area contributed by atoms with Gasteiger partial charge < -0.3 is 10.1 Å². The van der Waals surface area contributed by atoms with Crippen LogP contribution in [0.2, 0.25) is 0 Å². The number of fused-ring (bicyclic) bond motifs is 1. The Morgan fingerprint density at radius 2 is 2.06 bits per heavy atom. The second-order valence-electron chi connectivity index (χ2n) is 5.28. The van der Waals surface area contributed by atoms with Crippen LogP contribution < -0.4 is 10.1 Å². The molecule has 0 saturated heterocycles. The maximum Gasteiger partial charge on any atom is 0.142 e. The SMILES string of the molecule is c1cc2c(c(OCC3CCCCC3)c1)NCC2. The molecule has 17 heavy (non-hydrogen) atoms. The van der Waals surface area contributed by atoms with Crippen molar-refractivity contribution in [3.8, 4) is 5.75 Å². The molecule has 0 spiro atoms. The van der Waals surface area contributed by atoms with Gasteiger partial charge in [-0.05, 0) is 36.8 Å². The van der Waals surface area contributed by atoms with Gasteiger partial charge in [0.1, 0.15) is 5.75 Å². The molecule has 2 aliphatic rings. The third kappa shape index (κ3) is 2.41. The molecule has 0 amide bonds. The quantitative estimate of drug-likeness (QED) is 0.858. The zero-order chi connectivity index (χ0) is 11.5. The second kappa shape index (κ2) is 4.99. The van der Waals surface area contributed by atoms with E-state index in [9.17, 15) is 0 Å². The minimum absolute atomic E-state index is 0.779. The Balaban J connectivity index is 1.63. The van der Waals surface area contributed by atoms with E-state index in [-0.39, 0.29) is 0 Å². The number of nitrogens with one attached hydrogen (secondary N) is 1. The van der Waals surface area contributed by atoms with Crippen molar-refractivity contribution in [1.29, 1.82) is 0 Å². The largest absolute Gasteiger partial charge is 0.491 e.